The van der Waals surface area contributed by atoms with E-state index in [1.807, 2.05) is 30.3 Å². The van der Waals surface area contributed by atoms with Crippen LogP contribution in [0.3, 0.4) is 0 Å². The molecule has 1 heterocycles. The van der Waals surface area contributed by atoms with E-state index in [-0.39, 0.29) is 13.2 Å². The summed E-state index contributed by atoms with van der Waals surface area (Å²) >= 11 is 0. The van der Waals surface area contributed by atoms with Crippen LogP contribution in [0.25, 0.3) is 0 Å². The molecule has 0 aromatic heterocycles. The minimum atomic E-state index is -0.590. The van der Waals surface area contributed by atoms with Gasteiger partial charge in [0.2, 0.25) is 0 Å². The number of carbonyl (C=O) groups is 2. The average molecular weight is 389 g/mol. The van der Waals surface area contributed by atoms with E-state index in [1.54, 1.807) is 13.8 Å². The van der Waals surface area contributed by atoms with Crippen molar-refractivity contribution in [3.05, 3.63) is 58.4 Å². The molecule has 0 unspecified atom stereocenters. The molecule has 0 spiro atoms. The Hall–Kier alpha value is -2.64. The van der Waals surface area contributed by atoms with E-state index in [4.69, 9.17) is 18.9 Å². The molecule has 0 bridgehead atoms. The fourth-order valence-corrected chi connectivity index (χ4v) is 3.10. The summed E-state index contributed by atoms with van der Waals surface area (Å²) < 4.78 is 20.6. The van der Waals surface area contributed by atoms with Crippen molar-refractivity contribution < 1.29 is 28.5 Å². The topological polar surface area (TPSA) is 83.1 Å². The molecular formula is C21H27NO6. The molecule has 1 aliphatic rings. The molecule has 1 aromatic carbocycles. The highest BCUT2D eigenvalue weighted by Gasteiger charge is 2.37. The Morgan fingerprint density at radius 1 is 0.821 bits per heavy atom. The first-order chi connectivity index (χ1) is 13.5. The molecule has 0 saturated heterocycles. The van der Waals surface area contributed by atoms with Crippen molar-refractivity contribution >= 4 is 11.9 Å². The van der Waals surface area contributed by atoms with Gasteiger partial charge in [-0.25, -0.2) is 9.59 Å². The number of dihydropyridines is 1. The molecule has 152 valence electrons. The quantitative estimate of drug-likeness (QED) is 0.512. The Kier molecular flexibility index (Phi) is 8.22. The first-order valence-corrected chi connectivity index (χ1v) is 9.06. The zero-order valence-electron chi connectivity index (χ0n) is 16.7. The molecule has 0 atom stereocenters. The monoisotopic (exact) mass is 389 g/mol. The number of hydrogen-bond acceptors (Lipinski definition) is 7. The summed E-state index contributed by atoms with van der Waals surface area (Å²) in [5.74, 6) is -1.58. The van der Waals surface area contributed by atoms with Crippen LogP contribution in [0, 0.1) is 0 Å². The van der Waals surface area contributed by atoms with Crippen molar-refractivity contribution in [1.82, 2.24) is 5.32 Å². The third kappa shape index (κ3) is 5.21. The summed E-state index contributed by atoms with van der Waals surface area (Å²) in [6.45, 7) is 4.43. The highest BCUT2D eigenvalue weighted by atomic mass is 16.6. The standard InChI is InChI=1S/C21H27NO6/c1-14-17(20(23)27-12-10-25-3)19(16-8-6-5-7-9-16)18(15(2)22-14)21(24)28-13-11-26-4/h5-9,19,22H,10-13H2,1-4H3. The second kappa shape index (κ2) is 10.6. The van der Waals surface area contributed by atoms with E-state index < -0.39 is 17.9 Å². The number of benzene rings is 1. The molecule has 0 saturated carbocycles. The molecule has 0 fully saturated rings. The van der Waals surface area contributed by atoms with Crippen LogP contribution in [-0.4, -0.2) is 52.6 Å². The molecule has 0 aliphatic carbocycles. The lowest BCUT2D eigenvalue weighted by Crippen LogP contribution is -2.33. The minimum Gasteiger partial charge on any atom is -0.460 e. The van der Waals surface area contributed by atoms with E-state index in [1.165, 1.54) is 14.2 Å². The maximum absolute atomic E-state index is 12.8. The molecule has 7 nitrogen and oxygen atoms in total. The molecule has 1 aromatic rings. The lowest BCUT2D eigenvalue weighted by molar-refractivity contribution is -0.141. The van der Waals surface area contributed by atoms with Crippen molar-refractivity contribution in [2.75, 3.05) is 40.6 Å². The van der Waals surface area contributed by atoms with Gasteiger partial charge in [0.05, 0.1) is 30.3 Å². The lowest BCUT2D eigenvalue weighted by Gasteiger charge is -2.30. The number of allylic oxidation sites excluding steroid dienone is 2. The molecule has 0 radical (unpaired) electrons. The summed E-state index contributed by atoms with van der Waals surface area (Å²) in [4.78, 5) is 25.7. The average Bonchev–Trinajstić information content (AvgIpc) is 2.68. The van der Waals surface area contributed by atoms with Crippen LogP contribution in [0.4, 0.5) is 0 Å². The van der Waals surface area contributed by atoms with Gasteiger partial charge < -0.3 is 24.3 Å². The Labute approximate surface area is 165 Å². The zero-order valence-corrected chi connectivity index (χ0v) is 16.7. The molecule has 1 aliphatic heterocycles. The summed E-state index contributed by atoms with van der Waals surface area (Å²) in [6, 6.07) is 9.36. The van der Waals surface area contributed by atoms with Gasteiger partial charge in [-0.3, -0.25) is 0 Å². The highest BCUT2D eigenvalue weighted by Crippen LogP contribution is 2.39. The minimum absolute atomic E-state index is 0.129. The fourth-order valence-electron chi connectivity index (χ4n) is 3.10. The zero-order chi connectivity index (χ0) is 20.5. The molecule has 28 heavy (non-hydrogen) atoms. The van der Waals surface area contributed by atoms with Crippen molar-refractivity contribution in [3.8, 4) is 0 Å². The molecule has 7 heteroatoms. The summed E-state index contributed by atoms with van der Waals surface area (Å²) in [7, 11) is 3.07. The van der Waals surface area contributed by atoms with Gasteiger partial charge in [0.15, 0.2) is 0 Å². The number of nitrogens with one attached hydrogen (secondary N) is 1. The van der Waals surface area contributed by atoms with Gasteiger partial charge >= 0.3 is 11.9 Å². The van der Waals surface area contributed by atoms with Crippen molar-refractivity contribution in [3.63, 3.8) is 0 Å². The lowest BCUT2D eigenvalue weighted by atomic mass is 9.80. The molecule has 2 rings (SSSR count). The van der Waals surface area contributed by atoms with Gasteiger partial charge in [0.1, 0.15) is 13.2 Å². The maximum atomic E-state index is 12.8. The Bertz CT molecular complexity index is 709. The summed E-state index contributed by atoms with van der Waals surface area (Å²) in [5.41, 5.74) is 2.85. The SMILES string of the molecule is COCCOC(=O)C1=C(C)NC(C)=C(C(=O)OCCOC)C1c1ccccc1. The predicted molar refractivity (Wildman–Crippen MR) is 103 cm³/mol. The van der Waals surface area contributed by atoms with Crippen molar-refractivity contribution in [2.45, 2.75) is 19.8 Å². The highest BCUT2D eigenvalue weighted by molar-refractivity contribution is 5.99. The van der Waals surface area contributed by atoms with Crippen LogP contribution >= 0.6 is 0 Å². The van der Waals surface area contributed by atoms with Gasteiger partial charge in [-0.1, -0.05) is 30.3 Å². The fraction of sp³-hybridized carbons (Fsp3) is 0.429. The second-order valence-electron chi connectivity index (χ2n) is 6.30. The third-order valence-corrected chi connectivity index (χ3v) is 4.37. The van der Waals surface area contributed by atoms with E-state index >= 15 is 0 Å². The van der Waals surface area contributed by atoms with Crippen molar-refractivity contribution in [2.24, 2.45) is 0 Å². The van der Waals surface area contributed by atoms with Gasteiger partial charge in [-0.05, 0) is 19.4 Å². The van der Waals surface area contributed by atoms with E-state index in [2.05, 4.69) is 5.32 Å². The summed E-state index contributed by atoms with van der Waals surface area (Å²) in [6.07, 6.45) is 0. The van der Waals surface area contributed by atoms with Crippen LogP contribution in [0.15, 0.2) is 52.9 Å². The number of rotatable bonds is 9. The van der Waals surface area contributed by atoms with Gasteiger partial charge in [0.25, 0.3) is 0 Å². The predicted octanol–water partition coefficient (Wildman–Crippen LogP) is 2.30. The molecule has 1 N–H and O–H groups in total. The second-order valence-corrected chi connectivity index (χ2v) is 6.30. The first kappa shape index (κ1) is 21.7. The van der Waals surface area contributed by atoms with Crippen LogP contribution in [0.5, 0.6) is 0 Å². The Morgan fingerprint density at radius 2 is 1.29 bits per heavy atom. The van der Waals surface area contributed by atoms with Gasteiger partial charge in [0, 0.05) is 25.6 Å². The number of carbonyl (C=O) groups excluding carboxylic acids is 2. The number of hydrogen-bond donors (Lipinski definition) is 1. The Balaban J connectivity index is 2.41. The van der Waals surface area contributed by atoms with E-state index in [0.717, 1.165) is 5.56 Å². The molecular weight excluding hydrogens is 362 g/mol. The number of ether oxygens (including phenoxy) is 4. The normalized spacial score (nSPS) is 14.7. The van der Waals surface area contributed by atoms with Crippen LogP contribution in [0.1, 0.15) is 25.3 Å². The smallest absolute Gasteiger partial charge is 0.336 e. The van der Waals surface area contributed by atoms with Gasteiger partial charge in [-0.15, -0.1) is 0 Å². The maximum Gasteiger partial charge on any atom is 0.336 e. The molecule has 0 amide bonds. The first-order valence-electron chi connectivity index (χ1n) is 9.06. The third-order valence-electron chi connectivity index (χ3n) is 4.37. The van der Waals surface area contributed by atoms with Gasteiger partial charge in [-0.2, -0.15) is 0 Å². The number of esters is 2. The Morgan fingerprint density at radius 3 is 1.71 bits per heavy atom. The van der Waals surface area contributed by atoms with Crippen LogP contribution in [-0.2, 0) is 28.5 Å². The van der Waals surface area contributed by atoms with Crippen LogP contribution < -0.4 is 5.32 Å². The van der Waals surface area contributed by atoms with E-state index in [9.17, 15) is 9.59 Å². The van der Waals surface area contributed by atoms with Crippen molar-refractivity contribution in [1.29, 1.82) is 0 Å². The largest absolute Gasteiger partial charge is 0.460 e. The van der Waals surface area contributed by atoms with Crippen LogP contribution in [0.2, 0.25) is 0 Å². The summed E-state index contributed by atoms with van der Waals surface area (Å²) in [5, 5.41) is 3.12. The van der Waals surface area contributed by atoms with E-state index in [0.29, 0.717) is 35.8 Å². The number of methoxy groups -OCH3 is 2.